The molecule has 0 N–H and O–H groups in total. The molecule has 140 valence electrons. The molecule has 0 amide bonds. The smallest absolute Gasteiger partial charge is 0.267 e. The fourth-order valence-corrected chi connectivity index (χ4v) is 5.80. The number of hydrogen-bond acceptors (Lipinski definition) is 5. The summed E-state index contributed by atoms with van der Waals surface area (Å²) in [5, 5.41) is 1.71. The van der Waals surface area contributed by atoms with Gasteiger partial charge in [0, 0.05) is 16.3 Å². The Balaban J connectivity index is 1.92. The minimum atomic E-state index is -0.135. The molecule has 4 nitrogen and oxygen atoms in total. The van der Waals surface area contributed by atoms with Crippen molar-refractivity contribution in [3.63, 3.8) is 0 Å². The fourth-order valence-electron chi connectivity index (χ4n) is 3.37. The average molecular weight is 419 g/mol. The second kappa shape index (κ2) is 7.41. The van der Waals surface area contributed by atoms with E-state index in [9.17, 15) is 9.59 Å². The topological polar surface area (TPSA) is 52.0 Å². The van der Waals surface area contributed by atoms with Gasteiger partial charge in [-0.05, 0) is 56.5 Å². The lowest BCUT2D eigenvalue weighted by Gasteiger charge is -2.21. The van der Waals surface area contributed by atoms with E-state index in [0.29, 0.717) is 27.7 Å². The zero-order valence-electron chi connectivity index (χ0n) is 15.1. The third kappa shape index (κ3) is 3.46. The highest BCUT2D eigenvalue weighted by Gasteiger charge is 2.27. The minimum Gasteiger partial charge on any atom is -0.298 e. The van der Waals surface area contributed by atoms with Crippen LogP contribution in [0.2, 0.25) is 5.02 Å². The van der Waals surface area contributed by atoms with E-state index in [-0.39, 0.29) is 16.6 Å². The third-order valence-electron chi connectivity index (χ3n) is 5.00. The molecule has 0 aliphatic heterocycles. The molecule has 0 saturated heterocycles. The summed E-state index contributed by atoms with van der Waals surface area (Å²) in [6.45, 7) is 3.96. The maximum absolute atomic E-state index is 13.4. The van der Waals surface area contributed by atoms with E-state index >= 15 is 0 Å². The summed E-state index contributed by atoms with van der Waals surface area (Å²) in [6, 6.07) is 7.16. The minimum absolute atomic E-state index is 0.0880. The van der Waals surface area contributed by atoms with Gasteiger partial charge in [0.05, 0.1) is 16.3 Å². The quantitative estimate of drug-likeness (QED) is 0.540. The summed E-state index contributed by atoms with van der Waals surface area (Å²) in [5.41, 5.74) is 1.60. The van der Waals surface area contributed by atoms with Crippen molar-refractivity contribution in [3.05, 3.63) is 50.1 Å². The number of nitrogens with zero attached hydrogens (tertiary/aromatic N) is 2. The Morgan fingerprint density at radius 2 is 1.93 bits per heavy atom. The summed E-state index contributed by atoms with van der Waals surface area (Å²) < 4.78 is 1.63. The highest BCUT2D eigenvalue weighted by atomic mass is 35.5. The molecule has 1 aliphatic rings. The van der Waals surface area contributed by atoms with Crippen LogP contribution in [0.3, 0.4) is 0 Å². The van der Waals surface area contributed by atoms with Crippen LogP contribution < -0.4 is 5.56 Å². The summed E-state index contributed by atoms with van der Waals surface area (Å²) in [5.74, 6) is 0.252. The molecular weight excluding hydrogens is 400 g/mol. The van der Waals surface area contributed by atoms with Crippen LogP contribution in [-0.4, -0.2) is 20.6 Å². The second-order valence-electron chi connectivity index (χ2n) is 6.79. The molecule has 0 radical (unpaired) electrons. The number of rotatable bonds is 3. The molecule has 1 fully saturated rings. The van der Waals surface area contributed by atoms with Crippen molar-refractivity contribution in [2.75, 3.05) is 0 Å². The summed E-state index contributed by atoms with van der Waals surface area (Å²) in [4.78, 5) is 32.4. The Morgan fingerprint density at radius 1 is 1.19 bits per heavy atom. The van der Waals surface area contributed by atoms with Crippen LogP contribution in [0.15, 0.2) is 34.2 Å². The van der Waals surface area contributed by atoms with Gasteiger partial charge >= 0.3 is 0 Å². The summed E-state index contributed by atoms with van der Waals surface area (Å²) in [7, 11) is 0. The average Bonchev–Trinajstić information content (AvgIpc) is 2.93. The van der Waals surface area contributed by atoms with Crippen molar-refractivity contribution in [2.24, 2.45) is 0 Å². The number of thioether (sulfide) groups is 1. The molecule has 2 heterocycles. The van der Waals surface area contributed by atoms with Crippen molar-refractivity contribution in [1.29, 1.82) is 0 Å². The molecule has 1 unspecified atom stereocenters. The highest BCUT2D eigenvalue weighted by Crippen LogP contribution is 2.34. The SMILES string of the molecule is Cc1sc2nc(SC3CCCCC3=O)n(-c3ccc(Cl)cc3)c(=O)c2c1C. The van der Waals surface area contributed by atoms with Crippen LogP contribution in [0.1, 0.15) is 36.1 Å². The number of aryl methyl sites for hydroxylation is 2. The lowest BCUT2D eigenvalue weighted by Crippen LogP contribution is -2.26. The molecule has 2 aromatic heterocycles. The van der Waals surface area contributed by atoms with Gasteiger partial charge in [0.15, 0.2) is 5.16 Å². The largest absolute Gasteiger partial charge is 0.298 e. The van der Waals surface area contributed by atoms with Crippen molar-refractivity contribution in [3.8, 4) is 5.69 Å². The molecule has 0 bridgehead atoms. The monoisotopic (exact) mass is 418 g/mol. The molecule has 27 heavy (non-hydrogen) atoms. The molecule has 3 aromatic rings. The number of halogens is 1. The van der Waals surface area contributed by atoms with Crippen LogP contribution in [-0.2, 0) is 4.79 Å². The van der Waals surface area contributed by atoms with E-state index in [2.05, 4.69) is 0 Å². The summed E-state index contributed by atoms with van der Waals surface area (Å²) in [6.07, 6.45) is 3.44. The molecule has 1 atom stereocenters. The predicted octanol–water partition coefficient (Wildman–Crippen LogP) is 5.32. The molecule has 1 aromatic carbocycles. The number of hydrogen-bond donors (Lipinski definition) is 0. The van der Waals surface area contributed by atoms with Gasteiger partial charge in [-0.2, -0.15) is 0 Å². The number of Topliss-reactive ketones (excluding diaryl/α,β-unsaturated/α-hetero) is 1. The zero-order valence-corrected chi connectivity index (χ0v) is 17.5. The molecule has 0 spiro atoms. The van der Waals surface area contributed by atoms with Crippen molar-refractivity contribution in [2.45, 2.75) is 49.9 Å². The molecule has 1 saturated carbocycles. The Labute approximate surface area is 170 Å². The van der Waals surface area contributed by atoms with E-state index in [1.54, 1.807) is 16.7 Å². The molecular formula is C20H19ClN2O2S2. The van der Waals surface area contributed by atoms with Gasteiger partial charge in [-0.15, -0.1) is 11.3 Å². The number of fused-ring (bicyclic) bond motifs is 1. The first-order valence-corrected chi connectivity index (χ1v) is 11.0. The van der Waals surface area contributed by atoms with Crippen LogP contribution in [0.5, 0.6) is 0 Å². The summed E-state index contributed by atoms with van der Waals surface area (Å²) >= 11 is 8.98. The standard InChI is InChI=1S/C20H19ClN2O2S2/c1-11-12(2)26-18-17(11)19(25)23(14-9-7-13(21)8-10-14)20(22-18)27-16-6-4-3-5-15(16)24/h7-10,16H,3-6H2,1-2H3. The first-order chi connectivity index (χ1) is 13.0. The van der Waals surface area contributed by atoms with Gasteiger partial charge < -0.3 is 0 Å². The van der Waals surface area contributed by atoms with Crippen molar-refractivity contribution < 1.29 is 4.79 Å². The van der Waals surface area contributed by atoms with E-state index in [4.69, 9.17) is 16.6 Å². The van der Waals surface area contributed by atoms with Gasteiger partial charge in [0.2, 0.25) is 0 Å². The first kappa shape index (κ1) is 18.7. The Bertz CT molecular complexity index is 1090. The number of carbonyl (C=O) groups is 1. The Hall–Kier alpha value is -1.63. The lowest BCUT2D eigenvalue weighted by atomic mass is 9.99. The normalized spacial score (nSPS) is 17.6. The van der Waals surface area contributed by atoms with Gasteiger partial charge in [-0.25, -0.2) is 4.98 Å². The second-order valence-corrected chi connectivity index (χ2v) is 9.60. The number of thiophene rings is 1. The number of aromatic nitrogens is 2. The third-order valence-corrected chi connectivity index (χ3v) is 7.62. The van der Waals surface area contributed by atoms with E-state index in [1.807, 2.05) is 26.0 Å². The first-order valence-electron chi connectivity index (χ1n) is 8.94. The number of ketones is 1. The van der Waals surface area contributed by atoms with E-state index in [1.165, 1.54) is 23.1 Å². The van der Waals surface area contributed by atoms with E-state index in [0.717, 1.165) is 34.5 Å². The molecule has 4 rings (SSSR count). The van der Waals surface area contributed by atoms with Crippen LogP contribution in [0.4, 0.5) is 0 Å². The van der Waals surface area contributed by atoms with Gasteiger partial charge in [-0.3, -0.25) is 14.2 Å². The highest BCUT2D eigenvalue weighted by molar-refractivity contribution is 8.00. The predicted molar refractivity (Wildman–Crippen MR) is 113 cm³/mol. The Kier molecular flexibility index (Phi) is 5.14. The number of benzene rings is 1. The van der Waals surface area contributed by atoms with Crippen LogP contribution in [0, 0.1) is 13.8 Å². The van der Waals surface area contributed by atoms with Crippen molar-refractivity contribution >= 4 is 50.7 Å². The maximum Gasteiger partial charge on any atom is 0.267 e. The van der Waals surface area contributed by atoms with Crippen LogP contribution >= 0.6 is 34.7 Å². The molecule has 1 aliphatic carbocycles. The maximum atomic E-state index is 13.4. The fraction of sp³-hybridized carbons (Fsp3) is 0.350. The van der Waals surface area contributed by atoms with Gasteiger partial charge in [0.25, 0.3) is 5.56 Å². The van der Waals surface area contributed by atoms with Gasteiger partial charge in [-0.1, -0.05) is 29.8 Å². The van der Waals surface area contributed by atoms with E-state index < -0.39 is 0 Å². The van der Waals surface area contributed by atoms with Gasteiger partial charge in [0.1, 0.15) is 10.6 Å². The van der Waals surface area contributed by atoms with Crippen LogP contribution in [0.25, 0.3) is 15.9 Å². The Morgan fingerprint density at radius 3 is 2.63 bits per heavy atom. The molecule has 7 heteroatoms. The number of carbonyl (C=O) groups excluding carboxylic acids is 1. The lowest BCUT2D eigenvalue weighted by molar-refractivity contribution is -0.119. The zero-order chi connectivity index (χ0) is 19.1. The van der Waals surface area contributed by atoms with Crippen molar-refractivity contribution in [1.82, 2.24) is 9.55 Å².